The smallest absolute Gasteiger partial charge is 0.111 e. The molecule has 1 heterocycles. The summed E-state index contributed by atoms with van der Waals surface area (Å²) in [6.07, 6.45) is 15.0. The standard InChI is InChI=1S/C26H53NO5/c1-3-4-5-6-7-8-9-10-11-12-13-14-15-16-17-31-20-22(19-27)18-23-25(29)26(30)24(28)21(2)32-23/h21-26,28-30H,3-20,27H2,1-2H3/t21?,22?,23-,24-,25?,26-/m0/s1. The maximum absolute atomic E-state index is 10.2. The van der Waals surface area contributed by atoms with Crippen LogP contribution in [0.5, 0.6) is 0 Å². The lowest BCUT2D eigenvalue weighted by molar-refractivity contribution is -0.221. The maximum Gasteiger partial charge on any atom is 0.111 e. The Hall–Kier alpha value is -0.240. The molecule has 0 aromatic heterocycles. The van der Waals surface area contributed by atoms with E-state index in [9.17, 15) is 15.3 Å². The van der Waals surface area contributed by atoms with Crippen molar-refractivity contribution in [1.29, 1.82) is 0 Å². The van der Waals surface area contributed by atoms with Crippen molar-refractivity contribution in [2.75, 3.05) is 19.8 Å². The molecule has 1 aliphatic rings. The molecule has 6 heteroatoms. The zero-order valence-electron chi connectivity index (χ0n) is 20.9. The monoisotopic (exact) mass is 459 g/mol. The Balaban J connectivity index is 1.94. The molecule has 5 N–H and O–H groups in total. The van der Waals surface area contributed by atoms with Gasteiger partial charge in [-0.1, -0.05) is 90.4 Å². The number of aliphatic hydroxyl groups is 3. The van der Waals surface area contributed by atoms with E-state index in [2.05, 4.69) is 6.92 Å². The van der Waals surface area contributed by atoms with Crippen LogP contribution in [0.2, 0.25) is 0 Å². The Bertz CT molecular complexity index is 425. The summed E-state index contributed by atoms with van der Waals surface area (Å²) in [6.45, 7) is 5.69. The summed E-state index contributed by atoms with van der Waals surface area (Å²) in [6, 6.07) is 0. The number of rotatable bonds is 20. The lowest BCUT2D eigenvalue weighted by Gasteiger charge is -2.40. The predicted octanol–water partition coefficient (Wildman–Crippen LogP) is 4.32. The summed E-state index contributed by atoms with van der Waals surface area (Å²) >= 11 is 0. The highest BCUT2D eigenvalue weighted by Crippen LogP contribution is 2.25. The zero-order chi connectivity index (χ0) is 23.6. The van der Waals surface area contributed by atoms with Gasteiger partial charge in [-0.2, -0.15) is 0 Å². The first-order chi connectivity index (χ1) is 15.5. The topological polar surface area (TPSA) is 105 Å². The summed E-state index contributed by atoms with van der Waals surface area (Å²) in [4.78, 5) is 0. The Labute approximate surface area is 197 Å². The minimum absolute atomic E-state index is 0.0657. The second kappa shape index (κ2) is 19.1. The molecule has 1 aliphatic heterocycles. The minimum Gasteiger partial charge on any atom is -0.388 e. The Morgan fingerprint density at radius 1 is 0.750 bits per heavy atom. The van der Waals surface area contributed by atoms with Gasteiger partial charge in [-0.15, -0.1) is 0 Å². The molecule has 0 spiro atoms. The quantitative estimate of drug-likeness (QED) is 0.202. The van der Waals surface area contributed by atoms with E-state index in [1.54, 1.807) is 6.92 Å². The fourth-order valence-electron chi connectivity index (χ4n) is 4.54. The molecule has 0 bridgehead atoms. The molecular formula is C26H53NO5. The fourth-order valence-corrected chi connectivity index (χ4v) is 4.54. The van der Waals surface area contributed by atoms with Gasteiger partial charge in [-0.3, -0.25) is 0 Å². The third-order valence-electron chi connectivity index (χ3n) is 6.85. The third-order valence-corrected chi connectivity index (χ3v) is 6.85. The molecule has 6 atom stereocenters. The lowest BCUT2D eigenvalue weighted by Crippen LogP contribution is -2.57. The van der Waals surface area contributed by atoms with Crippen LogP contribution in [0.25, 0.3) is 0 Å². The largest absolute Gasteiger partial charge is 0.388 e. The summed E-state index contributed by atoms with van der Waals surface area (Å²) in [5, 5.41) is 29.9. The first kappa shape index (κ1) is 29.8. The molecule has 0 aliphatic carbocycles. The van der Waals surface area contributed by atoms with E-state index < -0.39 is 30.5 Å². The first-order valence-corrected chi connectivity index (χ1v) is 13.5. The van der Waals surface area contributed by atoms with Gasteiger partial charge in [0.1, 0.15) is 18.3 Å². The van der Waals surface area contributed by atoms with Gasteiger partial charge in [0.15, 0.2) is 0 Å². The summed E-state index contributed by atoms with van der Waals surface area (Å²) in [5.74, 6) is 0.0657. The molecule has 1 fully saturated rings. The lowest BCUT2D eigenvalue weighted by atomic mass is 9.90. The van der Waals surface area contributed by atoms with Crippen molar-refractivity contribution in [1.82, 2.24) is 0 Å². The van der Waals surface area contributed by atoms with Crippen LogP contribution in [0.4, 0.5) is 0 Å². The van der Waals surface area contributed by atoms with Crippen molar-refractivity contribution in [2.24, 2.45) is 11.7 Å². The number of hydrogen-bond acceptors (Lipinski definition) is 6. The van der Waals surface area contributed by atoms with Crippen LogP contribution in [-0.2, 0) is 9.47 Å². The van der Waals surface area contributed by atoms with Crippen LogP contribution in [0.15, 0.2) is 0 Å². The van der Waals surface area contributed by atoms with Gasteiger partial charge >= 0.3 is 0 Å². The van der Waals surface area contributed by atoms with Crippen LogP contribution in [-0.4, -0.2) is 65.6 Å². The second-order valence-corrected chi connectivity index (χ2v) is 9.86. The van der Waals surface area contributed by atoms with Crippen LogP contribution < -0.4 is 5.73 Å². The van der Waals surface area contributed by atoms with E-state index in [1.807, 2.05) is 0 Å². The normalized spacial score (nSPS) is 27.0. The van der Waals surface area contributed by atoms with E-state index >= 15 is 0 Å². The van der Waals surface area contributed by atoms with Crippen LogP contribution in [0.3, 0.4) is 0 Å². The van der Waals surface area contributed by atoms with Crippen molar-refractivity contribution >= 4 is 0 Å². The Kier molecular flexibility index (Phi) is 17.8. The number of ether oxygens (including phenoxy) is 2. The zero-order valence-corrected chi connectivity index (χ0v) is 20.9. The Morgan fingerprint density at radius 3 is 1.75 bits per heavy atom. The van der Waals surface area contributed by atoms with Crippen LogP contribution >= 0.6 is 0 Å². The molecule has 3 unspecified atom stereocenters. The first-order valence-electron chi connectivity index (χ1n) is 13.5. The Morgan fingerprint density at radius 2 is 1.25 bits per heavy atom. The van der Waals surface area contributed by atoms with Crippen molar-refractivity contribution in [2.45, 2.75) is 141 Å². The number of hydrogen-bond donors (Lipinski definition) is 4. The highest BCUT2D eigenvalue weighted by Gasteiger charge is 2.42. The van der Waals surface area contributed by atoms with Gasteiger partial charge in [-0.05, 0) is 32.2 Å². The van der Waals surface area contributed by atoms with E-state index in [0.29, 0.717) is 19.6 Å². The number of nitrogens with two attached hydrogens (primary N) is 1. The highest BCUT2D eigenvalue weighted by molar-refractivity contribution is 4.91. The summed E-state index contributed by atoms with van der Waals surface area (Å²) < 4.78 is 11.5. The molecule has 0 amide bonds. The maximum atomic E-state index is 10.2. The summed E-state index contributed by atoms with van der Waals surface area (Å²) in [5.41, 5.74) is 5.87. The van der Waals surface area contributed by atoms with Gasteiger partial charge in [0.05, 0.1) is 18.8 Å². The molecular weight excluding hydrogens is 406 g/mol. The van der Waals surface area contributed by atoms with Crippen LogP contribution in [0, 0.1) is 5.92 Å². The fraction of sp³-hybridized carbons (Fsp3) is 1.00. The highest BCUT2D eigenvalue weighted by atomic mass is 16.5. The molecule has 0 aromatic rings. The van der Waals surface area contributed by atoms with E-state index in [1.165, 1.54) is 83.5 Å². The van der Waals surface area contributed by atoms with Crippen LogP contribution in [0.1, 0.15) is 110 Å². The van der Waals surface area contributed by atoms with Crippen molar-refractivity contribution in [3.8, 4) is 0 Å². The van der Waals surface area contributed by atoms with Crippen molar-refractivity contribution in [3.05, 3.63) is 0 Å². The SMILES string of the molecule is CCCCCCCCCCCCCCCCOCC(CN)C[C@@H]1OC(C)[C@H](O)[C@H](O)C1O. The average molecular weight is 460 g/mol. The molecule has 0 aromatic carbocycles. The van der Waals surface area contributed by atoms with Crippen molar-refractivity contribution in [3.63, 3.8) is 0 Å². The molecule has 0 radical (unpaired) electrons. The average Bonchev–Trinajstić information content (AvgIpc) is 2.79. The third kappa shape index (κ3) is 12.9. The molecule has 0 saturated carbocycles. The molecule has 192 valence electrons. The second-order valence-electron chi connectivity index (χ2n) is 9.86. The van der Waals surface area contributed by atoms with Crippen molar-refractivity contribution < 1.29 is 24.8 Å². The molecule has 6 nitrogen and oxygen atoms in total. The summed E-state index contributed by atoms with van der Waals surface area (Å²) in [7, 11) is 0. The predicted molar refractivity (Wildman–Crippen MR) is 131 cm³/mol. The molecule has 1 rings (SSSR count). The minimum atomic E-state index is -1.18. The van der Waals surface area contributed by atoms with Gasteiger partial charge in [0, 0.05) is 6.61 Å². The van der Waals surface area contributed by atoms with Gasteiger partial charge < -0.3 is 30.5 Å². The molecule has 32 heavy (non-hydrogen) atoms. The number of aliphatic hydroxyl groups excluding tert-OH is 3. The van der Waals surface area contributed by atoms with E-state index in [-0.39, 0.29) is 5.92 Å². The van der Waals surface area contributed by atoms with Gasteiger partial charge in [0.2, 0.25) is 0 Å². The van der Waals surface area contributed by atoms with Gasteiger partial charge in [-0.25, -0.2) is 0 Å². The van der Waals surface area contributed by atoms with Gasteiger partial charge in [0.25, 0.3) is 0 Å². The molecule has 1 saturated heterocycles. The number of unbranched alkanes of at least 4 members (excludes halogenated alkanes) is 13. The van der Waals surface area contributed by atoms with E-state index in [4.69, 9.17) is 15.2 Å². The van der Waals surface area contributed by atoms with E-state index in [0.717, 1.165) is 13.0 Å².